The van der Waals surface area contributed by atoms with Crippen LogP contribution in [0.15, 0.2) is 16.2 Å². The number of amides is 1. The van der Waals surface area contributed by atoms with Crippen molar-refractivity contribution in [2.75, 3.05) is 32.8 Å². The van der Waals surface area contributed by atoms with E-state index in [2.05, 4.69) is 14.9 Å². The Hall–Kier alpha value is -1.77. The number of aromatic amines is 1. The molecule has 2 aromatic heterocycles. The fourth-order valence-electron chi connectivity index (χ4n) is 3.31. The molecular weight excluding hydrogens is 328 g/mol. The molecule has 1 N–H and O–H groups in total. The van der Waals surface area contributed by atoms with Crippen LogP contribution in [0.2, 0.25) is 0 Å². The van der Waals surface area contributed by atoms with Gasteiger partial charge in [-0.3, -0.25) is 14.5 Å². The number of rotatable bonds is 3. The second-order valence-electron chi connectivity index (χ2n) is 6.25. The molecule has 24 heavy (non-hydrogen) atoms. The van der Waals surface area contributed by atoms with E-state index in [9.17, 15) is 9.59 Å². The van der Waals surface area contributed by atoms with E-state index < -0.39 is 0 Å². The molecule has 0 aromatic carbocycles. The minimum atomic E-state index is -0.240. The topological polar surface area (TPSA) is 78.5 Å². The van der Waals surface area contributed by atoms with Gasteiger partial charge in [0.1, 0.15) is 16.6 Å². The van der Waals surface area contributed by atoms with Gasteiger partial charge < -0.3 is 14.6 Å². The third kappa shape index (κ3) is 3.09. The molecule has 7 nitrogen and oxygen atoms in total. The first-order valence-electron chi connectivity index (χ1n) is 8.30. The molecule has 4 rings (SSSR count). The van der Waals surface area contributed by atoms with Crippen molar-refractivity contribution >= 4 is 27.5 Å². The molecule has 128 valence electrons. The van der Waals surface area contributed by atoms with Crippen LogP contribution in [-0.2, 0) is 16.1 Å². The molecule has 2 aromatic rings. The summed E-state index contributed by atoms with van der Waals surface area (Å²) in [5, 5.41) is 1.88. The molecule has 2 fully saturated rings. The summed E-state index contributed by atoms with van der Waals surface area (Å²) in [6.45, 7) is 4.25. The first-order chi connectivity index (χ1) is 11.7. The van der Waals surface area contributed by atoms with E-state index >= 15 is 0 Å². The maximum atomic E-state index is 12.4. The van der Waals surface area contributed by atoms with E-state index in [-0.39, 0.29) is 17.6 Å². The molecule has 0 saturated carbocycles. The normalized spacial score (nSPS) is 22.3. The molecule has 0 spiro atoms. The quantitative estimate of drug-likeness (QED) is 0.888. The minimum absolute atomic E-state index is 0.0720. The highest BCUT2D eigenvalue weighted by Crippen LogP contribution is 2.17. The monoisotopic (exact) mass is 348 g/mol. The highest BCUT2D eigenvalue weighted by Gasteiger charge is 2.30. The number of aromatic nitrogens is 2. The second-order valence-corrected chi connectivity index (χ2v) is 7.17. The number of piperazine rings is 1. The van der Waals surface area contributed by atoms with Gasteiger partial charge >= 0.3 is 0 Å². The summed E-state index contributed by atoms with van der Waals surface area (Å²) in [6.07, 6.45) is 1.57. The Bertz CT molecular complexity index is 788. The highest BCUT2D eigenvalue weighted by atomic mass is 32.1. The molecular formula is C16H20N4O3S. The SMILES string of the molecule is O=C(C1CCCO1)N1CCN(Cc2nc3ccsc3c(=O)[nH]2)CC1. The van der Waals surface area contributed by atoms with Gasteiger partial charge in [-0.05, 0) is 24.3 Å². The standard InChI is InChI=1S/C16H20N4O3S/c21-15-14-11(3-9-24-14)17-13(18-15)10-19-4-6-20(7-5-19)16(22)12-2-1-8-23-12/h3,9,12H,1-2,4-8,10H2,(H,17,18,21). The van der Waals surface area contributed by atoms with Crippen molar-refractivity contribution in [1.82, 2.24) is 19.8 Å². The summed E-state index contributed by atoms with van der Waals surface area (Å²) in [5.41, 5.74) is 0.683. The number of nitrogens with zero attached hydrogens (tertiary/aromatic N) is 3. The van der Waals surface area contributed by atoms with E-state index in [0.717, 1.165) is 31.4 Å². The van der Waals surface area contributed by atoms with Crippen LogP contribution >= 0.6 is 11.3 Å². The molecule has 4 heterocycles. The van der Waals surface area contributed by atoms with Crippen molar-refractivity contribution in [1.29, 1.82) is 0 Å². The first kappa shape index (κ1) is 15.7. The van der Waals surface area contributed by atoms with Gasteiger partial charge in [-0.1, -0.05) is 0 Å². The number of thiophene rings is 1. The summed E-state index contributed by atoms with van der Waals surface area (Å²) in [6, 6.07) is 1.87. The predicted octanol–water partition coefficient (Wildman–Crippen LogP) is 0.808. The fourth-order valence-corrected chi connectivity index (χ4v) is 4.04. The largest absolute Gasteiger partial charge is 0.368 e. The number of hydrogen-bond acceptors (Lipinski definition) is 6. The van der Waals surface area contributed by atoms with E-state index in [1.165, 1.54) is 11.3 Å². The zero-order chi connectivity index (χ0) is 16.5. The van der Waals surface area contributed by atoms with Crippen molar-refractivity contribution in [2.24, 2.45) is 0 Å². The lowest BCUT2D eigenvalue weighted by atomic mass is 10.2. The van der Waals surface area contributed by atoms with Gasteiger partial charge in [0, 0.05) is 32.8 Å². The van der Waals surface area contributed by atoms with Crippen molar-refractivity contribution < 1.29 is 9.53 Å². The van der Waals surface area contributed by atoms with E-state index in [4.69, 9.17) is 4.74 Å². The predicted molar refractivity (Wildman–Crippen MR) is 91.1 cm³/mol. The molecule has 2 saturated heterocycles. The van der Waals surface area contributed by atoms with Crippen LogP contribution in [0.25, 0.3) is 10.2 Å². The molecule has 1 atom stereocenters. The van der Waals surface area contributed by atoms with Gasteiger partial charge in [-0.2, -0.15) is 0 Å². The van der Waals surface area contributed by atoms with E-state index in [1.807, 2.05) is 16.3 Å². The van der Waals surface area contributed by atoms with Crippen LogP contribution in [0.1, 0.15) is 18.7 Å². The average molecular weight is 348 g/mol. The van der Waals surface area contributed by atoms with Crippen LogP contribution < -0.4 is 5.56 Å². The third-order valence-corrected chi connectivity index (χ3v) is 5.53. The van der Waals surface area contributed by atoms with Gasteiger partial charge in [0.25, 0.3) is 11.5 Å². The maximum Gasteiger partial charge on any atom is 0.268 e. The summed E-state index contributed by atoms with van der Waals surface area (Å²) in [4.78, 5) is 35.9. The van der Waals surface area contributed by atoms with Crippen LogP contribution in [0.3, 0.4) is 0 Å². The number of ether oxygens (including phenoxy) is 1. The van der Waals surface area contributed by atoms with Crippen LogP contribution in [0.5, 0.6) is 0 Å². The van der Waals surface area contributed by atoms with Crippen molar-refractivity contribution in [3.8, 4) is 0 Å². The Balaban J connectivity index is 1.37. The molecule has 0 bridgehead atoms. The lowest BCUT2D eigenvalue weighted by Gasteiger charge is -2.35. The molecule has 8 heteroatoms. The molecule has 0 radical (unpaired) electrons. The number of H-pyrrole nitrogens is 1. The molecule has 2 aliphatic rings. The molecule has 1 unspecified atom stereocenters. The molecule has 0 aliphatic carbocycles. The van der Waals surface area contributed by atoms with Crippen molar-refractivity contribution in [2.45, 2.75) is 25.5 Å². The van der Waals surface area contributed by atoms with E-state index in [0.29, 0.717) is 36.8 Å². The average Bonchev–Trinajstić information content (AvgIpc) is 3.26. The number of nitrogens with one attached hydrogen (secondary N) is 1. The smallest absolute Gasteiger partial charge is 0.268 e. The number of hydrogen-bond donors (Lipinski definition) is 1. The maximum absolute atomic E-state index is 12.4. The third-order valence-electron chi connectivity index (χ3n) is 4.63. The number of fused-ring (bicyclic) bond motifs is 1. The van der Waals surface area contributed by atoms with Crippen molar-refractivity contribution in [3.63, 3.8) is 0 Å². The zero-order valence-electron chi connectivity index (χ0n) is 13.4. The van der Waals surface area contributed by atoms with Gasteiger partial charge in [-0.15, -0.1) is 11.3 Å². The summed E-state index contributed by atoms with van der Waals surface area (Å²) < 4.78 is 6.16. The molecule has 1 amide bonds. The molecule has 2 aliphatic heterocycles. The highest BCUT2D eigenvalue weighted by molar-refractivity contribution is 7.17. The van der Waals surface area contributed by atoms with Crippen LogP contribution in [-0.4, -0.2) is 64.6 Å². The van der Waals surface area contributed by atoms with Gasteiger partial charge in [0.15, 0.2) is 0 Å². The Morgan fingerprint density at radius 2 is 2.21 bits per heavy atom. The van der Waals surface area contributed by atoms with Crippen LogP contribution in [0, 0.1) is 0 Å². The number of carbonyl (C=O) groups is 1. The van der Waals surface area contributed by atoms with Crippen molar-refractivity contribution in [3.05, 3.63) is 27.6 Å². The minimum Gasteiger partial charge on any atom is -0.368 e. The van der Waals surface area contributed by atoms with Crippen LogP contribution in [0.4, 0.5) is 0 Å². The lowest BCUT2D eigenvalue weighted by Crippen LogP contribution is -2.51. The van der Waals surface area contributed by atoms with Gasteiger partial charge in [-0.25, -0.2) is 4.98 Å². The van der Waals surface area contributed by atoms with E-state index in [1.54, 1.807) is 0 Å². The lowest BCUT2D eigenvalue weighted by molar-refractivity contribution is -0.142. The summed E-state index contributed by atoms with van der Waals surface area (Å²) >= 11 is 1.41. The zero-order valence-corrected chi connectivity index (χ0v) is 14.2. The Morgan fingerprint density at radius 1 is 1.38 bits per heavy atom. The summed E-state index contributed by atoms with van der Waals surface area (Å²) in [7, 11) is 0. The van der Waals surface area contributed by atoms with Gasteiger partial charge in [0.05, 0.1) is 12.1 Å². The Morgan fingerprint density at radius 3 is 2.96 bits per heavy atom. The first-order valence-corrected chi connectivity index (χ1v) is 9.18. The fraction of sp³-hybridized carbons (Fsp3) is 0.562. The Kier molecular flexibility index (Phi) is 4.34. The summed E-state index contributed by atoms with van der Waals surface area (Å²) in [5.74, 6) is 0.808. The van der Waals surface area contributed by atoms with Gasteiger partial charge in [0.2, 0.25) is 0 Å². The Labute approximate surface area is 143 Å². The number of carbonyl (C=O) groups excluding carboxylic acids is 1. The second kappa shape index (κ2) is 6.62.